The SMILES string of the molecule is CN(Cc1cnn(Cc2ccccc2)c1)S(N)(=O)=O. The van der Waals surface area contributed by atoms with Gasteiger partial charge >= 0.3 is 0 Å². The Balaban J connectivity index is 2.04. The van der Waals surface area contributed by atoms with E-state index in [2.05, 4.69) is 5.10 Å². The predicted molar refractivity (Wildman–Crippen MR) is 72.3 cm³/mol. The van der Waals surface area contributed by atoms with Crippen LogP contribution in [0, 0.1) is 0 Å². The maximum Gasteiger partial charge on any atom is 0.276 e. The van der Waals surface area contributed by atoms with Crippen molar-refractivity contribution in [3.63, 3.8) is 0 Å². The molecule has 0 radical (unpaired) electrons. The molecule has 0 amide bonds. The molecule has 1 aromatic heterocycles. The van der Waals surface area contributed by atoms with Gasteiger partial charge in [-0.15, -0.1) is 0 Å². The number of nitrogens with two attached hydrogens (primary N) is 1. The number of hydrogen-bond acceptors (Lipinski definition) is 3. The average Bonchev–Trinajstić information content (AvgIpc) is 2.76. The fourth-order valence-corrected chi connectivity index (χ4v) is 2.02. The van der Waals surface area contributed by atoms with Crippen LogP contribution in [0.25, 0.3) is 0 Å². The molecular formula is C12H16N4O2S. The molecule has 2 rings (SSSR count). The van der Waals surface area contributed by atoms with Crippen molar-refractivity contribution in [2.45, 2.75) is 13.1 Å². The quantitative estimate of drug-likeness (QED) is 0.869. The average molecular weight is 280 g/mol. The summed E-state index contributed by atoms with van der Waals surface area (Å²) >= 11 is 0. The molecule has 0 aliphatic heterocycles. The van der Waals surface area contributed by atoms with Crippen LogP contribution < -0.4 is 5.14 Å². The van der Waals surface area contributed by atoms with Gasteiger partial charge < -0.3 is 0 Å². The maximum absolute atomic E-state index is 11.1. The van der Waals surface area contributed by atoms with Gasteiger partial charge in [-0.05, 0) is 5.56 Å². The number of rotatable bonds is 5. The molecule has 2 N–H and O–H groups in total. The van der Waals surface area contributed by atoms with E-state index in [1.807, 2.05) is 36.5 Å². The van der Waals surface area contributed by atoms with Crippen molar-refractivity contribution in [2.24, 2.45) is 5.14 Å². The van der Waals surface area contributed by atoms with Crippen LogP contribution >= 0.6 is 0 Å². The Bertz CT molecular complexity index is 637. The summed E-state index contributed by atoms with van der Waals surface area (Å²) in [5.41, 5.74) is 1.93. The first-order valence-corrected chi connectivity index (χ1v) is 7.25. The van der Waals surface area contributed by atoms with Crippen molar-refractivity contribution in [3.05, 3.63) is 53.9 Å². The third kappa shape index (κ3) is 3.88. The first-order valence-electron chi connectivity index (χ1n) is 5.74. The molecule has 7 heteroatoms. The predicted octanol–water partition coefficient (Wildman–Crippen LogP) is 0.567. The lowest BCUT2D eigenvalue weighted by atomic mass is 10.2. The number of nitrogens with zero attached hydrogens (tertiary/aromatic N) is 3. The molecule has 102 valence electrons. The minimum absolute atomic E-state index is 0.216. The molecule has 0 unspecified atom stereocenters. The van der Waals surface area contributed by atoms with Crippen LogP contribution in [0.5, 0.6) is 0 Å². The molecule has 0 saturated heterocycles. The molecule has 0 spiro atoms. The highest BCUT2D eigenvalue weighted by Gasteiger charge is 2.12. The minimum Gasteiger partial charge on any atom is -0.268 e. The van der Waals surface area contributed by atoms with Crippen molar-refractivity contribution in [1.29, 1.82) is 0 Å². The van der Waals surface area contributed by atoms with Gasteiger partial charge in [0, 0.05) is 25.4 Å². The highest BCUT2D eigenvalue weighted by Crippen LogP contribution is 2.06. The molecule has 0 fully saturated rings. The summed E-state index contributed by atoms with van der Waals surface area (Å²) in [5, 5.41) is 9.23. The van der Waals surface area contributed by atoms with Crippen LogP contribution in [0.15, 0.2) is 42.7 Å². The topological polar surface area (TPSA) is 81.2 Å². The molecule has 2 aromatic rings. The molecule has 19 heavy (non-hydrogen) atoms. The number of hydrogen-bond donors (Lipinski definition) is 1. The first-order chi connectivity index (χ1) is 8.95. The number of aromatic nitrogens is 2. The van der Waals surface area contributed by atoms with Gasteiger partial charge in [0.05, 0.1) is 12.7 Å². The van der Waals surface area contributed by atoms with Crippen molar-refractivity contribution >= 4 is 10.2 Å². The molecule has 0 saturated carbocycles. The molecule has 0 bridgehead atoms. The number of benzene rings is 1. The highest BCUT2D eigenvalue weighted by molar-refractivity contribution is 7.86. The fourth-order valence-electron chi connectivity index (χ4n) is 1.69. The van der Waals surface area contributed by atoms with Crippen LogP contribution in [0.4, 0.5) is 0 Å². The zero-order chi connectivity index (χ0) is 13.9. The molecule has 0 aliphatic carbocycles. The van der Waals surface area contributed by atoms with Crippen molar-refractivity contribution in [2.75, 3.05) is 7.05 Å². The Labute approximate surface area is 112 Å². The smallest absolute Gasteiger partial charge is 0.268 e. The summed E-state index contributed by atoms with van der Waals surface area (Å²) in [6.45, 7) is 0.869. The van der Waals surface area contributed by atoms with E-state index in [0.717, 1.165) is 15.4 Å². The molecule has 0 aliphatic rings. The second-order valence-corrected chi connectivity index (χ2v) is 5.99. The van der Waals surface area contributed by atoms with Crippen molar-refractivity contribution in [1.82, 2.24) is 14.1 Å². The van der Waals surface area contributed by atoms with Crippen molar-refractivity contribution in [3.8, 4) is 0 Å². The van der Waals surface area contributed by atoms with E-state index in [1.54, 1.807) is 10.9 Å². The summed E-state index contributed by atoms with van der Waals surface area (Å²) in [4.78, 5) is 0. The Morgan fingerprint density at radius 3 is 2.58 bits per heavy atom. The standard InChI is InChI=1S/C12H16N4O2S/c1-15(19(13,17)18)8-12-7-14-16(10-12)9-11-5-3-2-4-6-11/h2-7,10H,8-9H2,1H3,(H2,13,17,18). The van der Waals surface area contributed by atoms with Gasteiger partial charge in [0.25, 0.3) is 10.2 Å². The lowest BCUT2D eigenvalue weighted by Crippen LogP contribution is -2.32. The maximum atomic E-state index is 11.1. The van der Waals surface area contributed by atoms with E-state index in [1.165, 1.54) is 7.05 Å². The van der Waals surface area contributed by atoms with Crippen LogP contribution in [0.2, 0.25) is 0 Å². The fraction of sp³-hybridized carbons (Fsp3) is 0.250. The van der Waals surface area contributed by atoms with Crippen molar-refractivity contribution < 1.29 is 8.42 Å². The lowest BCUT2D eigenvalue weighted by molar-refractivity contribution is 0.468. The second kappa shape index (κ2) is 5.52. The van der Waals surface area contributed by atoms with Gasteiger partial charge in [-0.25, -0.2) is 5.14 Å². The normalized spacial score (nSPS) is 11.9. The van der Waals surface area contributed by atoms with E-state index < -0.39 is 10.2 Å². The van der Waals surface area contributed by atoms with Gasteiger partial charge in [-0.1, -0.05) is 30.3 Å². The largest absolute Gasteiger partial charge is 0.276 e. The summed E-state index contributed by atoms with van der Waals surface area (Å²) in [6.07, 6.45) is 3.46. The van der Waals surface area contributed by atoms with Gasteiger partial charge in [-0.3, -0.25) is 4.68 Å². The molecule has 6 nitrogen and oxygen atoms in total. The van der Waals surface area contributed by atoms with E-state index in [9.17, 15) is 8.42 Å². The summed E-state index contributed by atoms with van der Waals surface area (Å²) < 4.78 is 25.1. The Morgan fingerprint density at radius 1 is 1.26 bits per heavy atom. The van der Waals surface area contributed by atoms with E-state index >= 15 is 0 Å². The third-order valence-electron chi connectivity index (χ3n) is 2.71. The third-order valence-corrected chi connectivity index (χ3v) is 3.71. The second-order valence-electron chi connectivity index (χ2n) is 4.33. The highest BCUT2D eigenvalue weighted by atomic mass is 32.2. The molecule has 1 heterocycles. The van der Waals surface area contributed by atoms with E-state index in [4.69, 9.17) is 5.14 Å². The van der Waals surface area contributed by atoms with Gasteiger partial charge in [0.15, 0.2) is 0 Å². The summed E-state index contributed by atoms with van der Waals surface area (Å²) in [5.74, 6) is 0. The van der Waals surface area contributed by atoms with Crippen LogP contribution in [0.3, 0.4) is 0 Å². The Hall–Kier alpha value is -1.70. The van der Waals surface area contributed by atoms with Crippen LogP contribution in [0.1, 0.15) is 11.1 Å². The summed E-state index contributed by atoms with van der Waals surface area (Å²) in [7, 11) is -2.22. The lowest BCUT2D eigenvalue weighted by Gasteiger charge is -2.11. The Morgan fingerprint density at radius 2 is 1.95 bits per heavy atom. The first kappa shape index (κ1) is 13.7. The van der Waals surface area contributed by atoms with E-state index in [0.29, 0.717) is 6.54 Å². The Kier molecular flexibility index (Phi) is 3.98. The molecule has 0 atom stereocenters. The monoisotopic (exact) mass is 280 g/mol. The molecular weight excluding hydrogens is 264 g/mol. The minimum atomic E-state index is -3.65. The van der Waals surface area contributed by atoms with Gasteiger partial charge in [0.2, 0.25) is 0 Å². The zero-order valence-electron chi connectivity index (χ0n) is 10.6. The summed E-state index contributed by atoms with van der Waals surface area (Å²) in [6, 6.07) is 9.91. The van der Waals surface area contributed by atoms with Crippen LogP contribution in [-0.4, -0.2) is 29.6 Å². The zero-order valence-corrected chi connectivity index (χ0v) is 11.4. The van der Waals surface area contributed by atoms with Gasteiger partial charge in [0.1, 0.15) is 0 Å². The molecule has 1 aromatic carbocycles. The van der Waals surface area contributed by atoms with Crippen LogP contribution in [-0.2, 0) is 23.3 Å². The van der Waals surface area contributed by atoms with Gasteiger partial charge in [-0.2, -0.15) is 17.8 Å². The van der Waals surface area contributed by atoms with E-state index in [-0.39, 0.29) is 6.54 Å².